The summed E-state index contributed by atoms with van der Waals surface area (Å²) in [5, 5.41) is 10.4. The molecule has 5 nitrogen and oxygen atoms in total. The summed E-state index contributed by atoms with van der Waals surface area (Å²) >= 11 is 0. The van der Waals surface area contributed by atoms with Crippen LogP contribution in [0.3, 0.4) is 0 Å². The molecule has 1 aromatic heterocycles. The molecule has 0 saturated carbocycles. The minimum absolute atomic E-state index is 0.0568. The molecule has 1 N–H and O–H groups in total. The Morgan fingerprint density at radius 3 is 2.75 bits per heavy atom. The van der Waals surface area contributed by atoms with Gasteiger partial charge in [-0.25, -0.2) is 0 Å². The maximum absolute atomic E-state index is 12.6. The van der Waals surface area contributed by atoms with Crippen molar-refractivity contribution in [3.8, 4) is 0 Å². The van der Waals surface area contributed by atoms with E-state index < -0.39 is 11.9 Å². The van der Waals surface area contributed by atoms with E-state index in [4.69, 9.17) is 0 Å². The average molecular weight is 328 g/mol. The second-order valence-corrected chi connectivity index (χ2v) is 6.79. The first-order valence-electron chi connectivity index (χ1n) is 8.52. The number of carbonyl (C=O) groups excluding carboxylic acids is 1. The van der Waals surface area contributed by atoms with Gasteiger partial charge in [-0.05, 0) is 37.8 Å². The molecular formula is C19H24N2O3. The van der Waals surface area contributed by atoms with Crippen LogP contribution in [0.5, 0.6) is 0 Å². The third-order valence-electron chi connectivity index (χ3n) is 5.14. The lowest BCUT2D eigenvalue weighted by atomic mass is 9.93. The number of aryl methyl sites for hydroxylation is 2. The number of benzene rings is 1. The van der Waals surface area contributed by atoms with Crippen LogP contribution >= 0.6 is 0 Å². The summed E-state index contributed by atoms with van der Waals surface area (Å²) in [6.45, 7) is 2.35. The highest BCUT2D eigenvalue weighted by molar-refractivity contribution is 5.85. The van der Waals surface area contributed by atoms with Crippen LogP contribution in [0.2, 0.25) is 0 Å². The minimum Gasteiger partial charge on any atom is -0.481 e. The normalized spacial score (nSPS) is 21.2. The Balaban J connectivity index is 1.69. The van der Waals surface area contributed by atoms with Gasteiger partial charge in [-0.1, -0.05) is 18.2 Å². The zero-order valence-electron chi connectivity index (χ0n) is 14.2. The van der Waals surface area contributed by atoms with Crippen molar-refractivity contribution in [1.29, 1.82) is 0 Å². The van der Waals surface area contributed by atoms with E-state index in [1.54, 1.807) is 4.90 Å². The van der Waals surface area contributed by atoms with E-state index in [0.717, 1.165) is 11.9 Å². The molecule has 0 radical (unpaired) electrons. The molecule has 0 spiro atoms. The smallest absolute Gasteiger partial charge is 0.308 e. The van der Waals surface area contributed by atoms with Crippen LogP contribution in [0.25, 0.3) is 10.9 Å². The zero-order chi connectivity index (χ0) is 17.3. The molecule has 1 fully saturated rings. The van der Waals surface area contributed by atoms with Gasteiger partial charge in [0.05, 0.1) is 5.92 Å². The van der Waals surface area contributed by atoms with Gasteiger partial charge in [0.2, 0.25) is 5.91 Å². The number of piperidine rings is 1. The number of nitrogens with zero attached hydrogens (tertiary/aromatic N) is 2. The standard InChI is InChI=1S/C19H24N2O3/c1-13-7-8-15(19(23)24)12-21(13)18(22)10-9-14-11-20(2)17-6-4-3-5-16(14)17/h3-6,11,13,15H,7-10,12H2,1-2H3,(H,23,24). The van der Waals surface area contributed by atoms with E-state index in [1.165, 1.54) is 10.9 Å². The first kappa shape index (κ1) is 16.6. The molecule has 1 saturated heterocycles. The zero-order valence-corrected chi connectivity index (χ0v) is 14.2. The third-order valence-corrected chi connectivity index (χ3v) is 5.14. The van der Waals surface area contributed by atoms with Crippen molar-refractivity contribution in [2.24, 2.45) is 13.0 Å². The second-order valence-electron chi connectivity index (χ2n) is 6.79. The van der Waals surface area contributed by atoms with Gasteiger partial charge in [0.1, 0.15) is 0 Å². The average Bonchev–Trinajstić information content (AvgIpc) is 2.89. The first-order chi connectivity index (χ1) is 11.5. The van der Waals surface area contributed by atoms with Crippen LogP contribution in [-0.2, 0) is 23.1 Å². The fraction of sp³-hybridized carbons (Fsp3) is 0.474. The quantitative estimate of drug-likeness (QED) is 0.939. The lowest BCUT2D eigenvalue weighted by Gasteiger charge is -2.36. The predicted octanol–water partition coefficient (Wildman–Crippen LogP) is 2.82. The summed E-state index contributed by atoms with van der Waals surface area (Å²) in [5.74, 6) is -1.17. The van der Waals surface area contributed by atoms with Gasteiger partial charge in [0.15, 0.2) is 0 Å². The number of amides is 1. The number of hydrogen-bond donors (Lipinski definition) is 1. The molecule has 0 bridgehead atoms. The molecule has 1 aliphatic heterocycles. The summed E-state index contributed by atoms with van der Waals surface area (Å²) in [6.07, 6.45) is 4.60. The van der Waals surface area contributed by atoms with Gasteiger partial charge >= 0.3 is 5.97 Å². The van der Waals surface area contributed by atoms with Crippen LogP contribution < -0.4 is 0 Å². The van der Waals surface area contributed by atoms with E-state index in [1.807, 2.05) is 26.1 Å². The minimum atomic E-state index is -0.797. The topological polar surface area (TPSA) is 62.5 Å². The number of para-hydroxylation sites is 1. The number of fused-ring (bicyclic) bond motifs is 1. The molecule has 1 aliphatic rings. The molecule has 24 heavy (non-hydrogen) atoms. The highest BCUT2D eigenvalue weighted by Crippen LogP contribution is 2.25. The van der Waals surface area contributed by atoms with Gasteiger partial charge in [-0.2, -0.15) is 0 Å². The number of aliphatic carboxylic acids is 1. The monoisotopic (exact) mass is 328 g/mol. The van der Waals surface area contributed by atoms with E-state index in [9.17, 15) is 14.7 Å². The lowest BCUT2D eigenvalue weighted by molar-refractivity contribution is -0.147. The molecule has 3 rings (SSSR count). The van der Waals surface area contributed by atoms with E-state index in [-0.39, 0.29) is 11.9 Å². The van der Waals surface area contributed by atoms with Gasteiger partial charge in [-0.15, -0.1) is 0 Å². The molecule has 2 unspecified atom stereocenters. The van der Waals surface area contributed by atoms with Crippen molar-refractivity contribution in [2.45, 2.75) is 38.6 Å². The van der Waals surface area contributed by atoms with Gasteiger partial charge in [0, 0.05) is 43.2 Å². The van der Waals surface area contributed by atoms with Crippen LogP contribution in [0, 0.1) is 5.92 Å². The number of carboxylic acid groups (broad SMARTS) is 1. The number of hydrogen-bond acceptors (Lipinski definition) is 2. The molecule has 2 atom stereocenters. The molecule has 1 amide bonds. The summed E-state index contributed by atoms with van der Waals surface area (Å²) < 4.78 is 2.08. The maximum atomic E-state index is 12.6. The lowest BCUT2D eigenvalue weighted by Crippen LogP contribution is -2.47. The second kappa shape index (κ2) is 6.67. The largest absolute Gasteiger partial charge is 0.481 e. The number of aromatic nitrogens is 1. The Bertz CT molecular complexity index is 765. The van der Waals surface area contributed by atoms with Crippen molar-refractivity contribution >= 4 is 22.8 Å². The number of rotatable bonds is 4. The van der Waals surface area contributed by atoms with Gasteiger partial charge in [-0.3, -0.25) is 9.59 Å². The summed E-state index contributed by atoms with van der Waals surface area (Å²) in [4.78, 5) is 25.6. The van der Waals surface area contributed by atoms with Crippen molar-refractivity contribution < 1.29 is 14.7 Å². The Kier molecular flexibility index (Phi) is 4.60. The van der Waals surface area contributed by atoms with Gasteiger partial charge < -0.3 is 14.6 Å². The Hall–Kier alpha value is -2.30. The Morgan fingerprint density at radius 2 is 2.00 bits per heavy atom. The molecule has 128 valence electrons. The van der Waals surface area contributed by atoms with E-state index in [0.29, 0.717) is 25.8 Å². The summed E-state index contributed by atoms with van der Waals surface area (Å²) in [5.41, 5.74) is 2.33. The fourth-order valence-electron chi connectivity index (χ4n) is 3.67. The molecule has 5 heteroatoms. The van der Waals surface area contributed by atoms with Crippen LogP contribution in [0.1, 0.15) is 31.7 Å². The molecule has 2 heterocycles. The van der Waals surface area contributed by atoms with Crippen molar-refractivity contribution in [1.82, 2.24) is 9.47 Å². The summed E-state index contributed by atoms with van der Waals surface area (Å²) in [6, 6.07) is 8.31. The predicted molar refractivity (Wildman–Crippen MR) is 92.8 cm³/mol. The Morgan fingerprint density at radius 1 is 1.25 bits per heavy atom. The molecule has 1 aromatic carbocycles. The van der Waals surface area contributed by atoms with E-state index >= 15 is 0 Å². The SMILES string of the molecule is CC1CCC(C(=O)O)CN1C(=O)CCc1cn(C)c2ccccc12. The Labute approximate surface area is 141 Å². The van der Waals surface area contributed by atoms with Crippen molar-refractivity contribution in [3.05, 3.63) is 36.0 Å². The van der Waals surface area contributed by atoms with Crippen LogP contribution in [0.4, 0.5) is 0 Å². The molecule has 0 aliphatic carbocycles. The van der Waals surface area contributed by atoms with E-state index in [2.05, 4.69) is 22.9 Å². The molecule has 2 aromatic rings. The van der Waals surface area contributed by atoms with Gasteiger partial charge in [0.25, 0.3) is 0 Å². The first-order valence-corrected chi connectivity index (χ1v) is 8.52. The van der Waals surface area contributed by atoms with Crippen molar-refractivity contribution in [3.63, 3.8) is 0 Å². The van der Waals surface area contributed by atoms with Crippen molar-refractivity contribution in [2.75, 3.05) is 6.54 Å². The summed E-state index contributed by atoms with van der Waals surface area (Å²) in [7, 11) is 2.01. The maximum Gasteiger partial charge on any atom is 0.308 e. The number of carbonyl (C=O) groups is 2. The van der Waals surface area contributed by atoms with Crippen LogP contribution in [0.15, 0.2) is 30.5 Å². The molecular weight excluding hydrogens is 304 g/mol. The number of carboxylic acids is 1. The third kappa shape index (κ3) is 3.16. The fourth-order valence-corrected chi connectivity index (χ4v) is 3.67. The van der Waals surface area contributed by atoms with Crippen LogP contribution in [-0.4, -0.2) is 39.0 Å². The highest BCUT2D eigenvalue weighted by Gasteiger charge is 2.32. The number of likely N-dealkylation sites (tertiary alicyclic amines) is 1. The highest BCUT2D eigenvalue weighted by atomic mass is 16.4.